The van der Waals surface area contributed by atoms with E-state index in [1.165, 1.54) is 6.07 Å². The van der Waals surface area contributed by atoms with Gasteiger partial charge in [-0.1, -0.05) is 12.8 Å². The summed E-state index contributed by atoms with van der Waals surface area (Å²) in [5.74, 6) is -1.07. The normalized spacial score (nSPS) is 15.9. The van der Waals surface area contributed by atoms with E-state index >= 15 is 0 Å². The quantitative estimate of drug-likeness (QED) is 0.667. The minimum absolute atomic E-state index is 0.0457. The lowest BCUT2D eigenvalue weighted by atomic mass is 9.82. The number of aromatic carboxylic acids is 1. The standard InChI is InChI=1S/C19H27NO5/c1-3-25-9-8-19(6-4-5-7-19)18(23)20-16-11-14(13-24-2)10-15(12-16)17(21)22/h10-12H,3-9,13H2,1-2H3,(H,20,23)(H,21,22). The van der Waals surface area contributed by atoms with Crippen molar-refractivity contribution in [3.8, 4) is 0 Å². The van der Waals surface area contributed by atoms with E-state index in [0.29, 0.717) is 37.5 Å². The largest absolute Gasteiger partial charge is 0.478 e. The van der Waals surface area contributed by atoms with Gasteiger partial charge in [0.1, 0.15) is 0 Å². The molecular formula is C19H27NO5. The average molecular weight is 349 g/mol. The van der Waals surface area contributed by atoms with Crippen LogP contribution in [0.3, 0.4) is 0 Å². The lowest BCUT2D eigenvalue weighted by Gasteiger charge is -2.27. The fraction of sp³-hybridized carbons (Fsp3) is 0.579. The van der Waals surface area contributed by atoms with Crippen LogP contribution in [0, 0.1) is 5.41 Å². The predicted molar refractivity (Wildman–Crippen MR) is 94.8 cm³/mol. The molecule has 0 aromatic heterocycles. The summed E-state index contributed by atoms with van der Waals surface area (Å²) in [6.45, 7) is 3.43. The molecule has 0 atom stereocenters. The van der Waals surface area contributed by atoms with E-state index in [1.54, 1.807) is 19.2 Å². The number of nitrogens with one attached hydrogen (secondary N) is 1. The van der Waals surface area contributed by atoms with E-state index in [4.69, 9.17) is 9.47 Å². The summed E-state index contributed by atoms with van der Waals surface area (Å²) in [7, 11) is 1.55. The van der Waals surface area contributed by atoms with Crippen LogP contribution in [0.1, 0.15) is 54.9 Å². The Balaban J connectivity index is 2.18. The van der Waals surface area contributed by atoms with Crippen LogP contribution < -0.4 is 5.32 Å². The summed E-state index contributed by atoms with van der Waals surface area (Å²) >= 11 is 0. The minimum Gasteiger partial charge on any atom is -0.478 e. The third kappa shape index (κ3) is 5.03. The first-order chi connectivity index (χ1) is 12.0. The van der Waals surface area contributed by atoms with Gasteiger partial charge in [0.25, 0.3) is 0 Å². The molecule has 1 aromatic carbocycles. The van der Waals surface area contributed by atoms with Crippen LogP contribution in [0.2, 0.25) is 0 Å². The first-order valence-corrected chi connectivity index (χ1v) is 8.76. The van der Waals surface area contributed by atoms with E-state index in [1.807, 2.05) is 6.92 Å². The summed E-state index contributed by atoms with van der Waals surface area (Å²) < 4.78 is 10.5. The van der Waals surface area contributed by atoms with Crippen LogP contribution in [0.15, 0.2) is 18.2 Å². The van der Waals surface area contributed by atoms with Crippen LogP contribution in [-0.2, 0) is 20.9 Å². The molecule has 1 fully saturated rings. The van der Waals surface area contributed by atoms with E-state index in [-0.39, 0.29) is 11.5 Å². The number of benzene rings is 1. The van der Waals surface area contributed by atoms with Gasteiger partial charge in [-0.3, -0.25) is 4.79 Å². The summed E-state index contributed by atoms with van der Waals surface area (Å²) in [6, 6.07) is 4.81. The second-order valence-corrected chi connectivity index (χ2v) is 6.55. The highest BCUT2D eigenvalue weighted by Crippen LogP contribution is 2.42. The lowest BCUT2D eigenvalue weighted by Crippen LogP contribution is -2.35. The molecular weight excluding hydrogens is 322 g/mol. The first kappa shape index (κ1) is 19.4. The number of ether oxygens (including phenoxy) is 2. The maximum atomic E-state index is 12.9. The van der Waals surface area contributed by atoms with E-state index < -0.39 is 11.4 Å². The zero-order chi connectivity index (χ0) is 18.3. The predicted octanol–water partition coefficient (Wildman–Crippen LogP) is 3.46. The molecule has 138 valence electrons. The topological polar surface area (TPSA) is 84.9 Å². The van der Waals surface area contributed by atoms with Gasteiger partial charge < -0.3 is 19.9 Å². The van der Waals surface area contributed by atoms with Crippen LogP contribution >= 0.6 is 0 Å². The first-order valence-electron chi connectivity index (χ1n) is 8.76. The number of carboxylic acid groups (broad SMARTS) is 1. The summed E-state index contributed by atoms with van der Waals surface area (Å²) in [5, 5.41) is 12.2. The SMILES string of the molecule is CCOCCC1(C(=O)Nc2cc(COC)cc(C(=O)O)c2)CCCC1. The number of anilines is 1. The van der Waals surface area contributed by atoms with Gasteiger partial charge in [0.15, 0.2) is 0 Å². The Morgan fingerprint density at radius 3 is 2.56 bits per heavy atom. The highest BCUT2D eigenvalue weighted by atomic mass is 16.5. The molecule has 0 radical (unpaired) electrons. The van der Waals surface area contributed by atoms with E-state index in [0.717, 1.165) is 25.7 Å². The summed E-state index contributed by atoms with van der Waals surface area (Å²) in [4.78, 5) is 24.3. The van der Waals surface area contributed by atoms with Gasteiger partial charge in [0, 0.05) is 26.0 Å². The lowest BCUT2D eigenvalue weighted by molar-refractivity contribution is -0.126. The van der Waals surface area contributed by atoms with Gasteiger partial charge in [-0.15, -0.1) is 0 Å². The van der Waals surface area contributed by atoms with E-state index in [9.17, 15) is 14.7 Å². The van der Waals surface area contributed by atoms with Gasteiger partial charge in [0.05, 0.1) is 17.6 Å². The van der Waals surface area contributed by atoms with Crippen molar-refractivity contribution in [2.24, 2.45) is 5.41 Å². The zero-order valence-electron chi connectivity index (χ0n) is 15.0. The molecule has 0 spiro atoms. The maximum Gasteiger partial charge on any atom is 0.335 e. The Morgan fingerprint density at radius 2 is 1.96 bits per heavy atom. The van der Waals surface area contributed by atoms with Crippen molar-refractivity contribution in [3.63, 3.8) is 0 Å². The van der Waals surface area contributed by atoms with Gasteiger partial charge in [-0.05, 0) is 49.9 Å². The van der Waals surface area contributed by atoms with Gasteiger partial charge in [-0.2, -0.15) is 0 Å². The molecule has 2 N–H and O–H groups in total. The summed E-state index contributed by atoms with van der Waals surface area (Å²) in [6.07, 6.45) is 4.44. The molecule has 0 unspecified atom stereocenters. The number of rotatable bonds is 9. The number of amides is 1. The van der Waals surface area contributed by atoms with Gasteiger partial charge in [-0.25, -0.2) is 4.79 Å². The highest BCUT2D eigenvalue weighted by Gasteiger charge is 2.40. The Bertz CT molecular complexity index is 608. The Morgan fingerprint density at radius 1 is 1.24 bits per heavy atom. The fourth-order valence-corrected chi connectivity index (χ4v) is 3.46. The number of carboxylic acids is 1. The molecule has 6 nitrogen and oxygen atoms in total. The van der Waals surface area contributed by atoms with Crippen molar-refractivity contribution in [2.45, 2.75) is 45.6 Å². The number of hydrogen-bond donors (Lipinski definition) is 2. The van der Waals surface area contributed by atoms with E-state index in [2.05, 4.69) is 5.32 Å². The van der Waals surface area contributed by atoms with Crippen molar-refractivity contribution in [2.75, 3.05) is 25.6 Å². The highest BCUT2D eigenvalue weighted by molar-refractivity contribution is 5.97. The molecule has 0 saturated heterocycles. The molecule has 1 aliphatic rings. The van der Waals surface area contributed by atoms with Crippen LogP contribution in [-0.4, -0.2) is 37.3 Å². The monoisotopic (exact) mass is 349 g/mol. The third-order valence-corrected chi connectivity index (χ3v) is 4.78. The smallest absolute Gasteiger partial charge is 0.335 e. The fourth-order valence-electron chi connectivity index (χ4n) is 3.46. The Hall–Kier alpha value is -1.92. The number of hydrogen-bond acceptors (Lipinski definition) is 4. The molecule has 1 aromatic rings. The molecule has 2 rings (SSSR count). The second-order valence-electron chi connectivity index (χ2n) is 6.55. The Kier molecular flexibility index (Phi) is 6.96. The van der Waals surface area contributed by atoms with Crippen LogP contribution in [0.4, 0.5) is 5.69 Å². The second kappa shape index (κ2) is 8.97. The van der Waals surface area contributed by atoms with Crippen molar-refractivity contribution in [1.29, 1.82) is 0 Å². The minimum atomic E-state index is -1.03. The number of carbonyl (C=O) groups is 2. The maximum absolute atomic E-state index is 12.9. The summed E-state index contributed by atoms with van der Waals surface area (Å²) in [5.41, 5.74) is 0.933. The van der Waals surface area contributed by atoms with Gasteiger partial charge in [0.2, 0.25) is 5.91 Å². The van der Waals surface area contributed by atoms with Crippen molar-refractivity contribution >= 4 is 17.6 Å². The van der Waals surface area contributed by atoms with Crippen LogP contribution in [0.5, 0.6) is 0 Å². The van der Waals surface area contributed by atoms with Gasteiger partial charge >= 0.3 is 5.97 Å². The van der Waals surface area contributed by atoms with Crippen LogP contribution in [0.25, 0.3) is 0 Å². The van der Waals surface area contributed by atoms with Crippen molar-refractivity contribution < 1.29 is 24.2 Å². The molecule has 0 heterocycles. The molecule has 1 amide bonds. The number of carbonyl (C=O) groups excluding carboxylic acids is 1. The Labute approximate surface area is 148 Å². The molecule has 6 heteroatoms. The molecule has 0 aliphatic heterocycles. The van der Waals surface area contributed by atoms with Crippen molar-refractivity contribution in [1.82, 2.24) is 0 Å². The average Bonchev–Trinajstić information content (AvgIpc) is 3.05. The third-order valence-electron chi connectivity index (χ3n) is 4.78. The molecule has 1 saturated carbocycles. The number of methoxy groups -OCH3 is 1. The molecule has 25 heavy (non-hydrogen) atoms. The zero-order valence-corrected chi connectivity index (χ0v) is 15.0. The molecule has 1 aliphatic carbocycles. The molecule has 0 bridgehead atoms. The van der Waals surface area contributed by atoms with Crippen molar-refractivity contribution in [3.05, 3.63) is 29.3 Å².